The zero-order valence-electron chi connectivity index (χ0n) is 19.8. The number of nitrogens with zero attached hydrogens (tertiary/aromatic N) is 2. The highest BCUT2D eigenvalue weighted by Gasteiger charge is 2.43. The number of benzene rings is 4. The Balaban J connectivity index is 1.52. The number of thioether (sulfide) groups is 1. The van der Waals surface area contributed by atoms with Crippen molar-refractivity contribution >= 4 is 51.7 Å². The molecule has 0 spiro atoms. The third-order valence-electron chi connectivity index (χ3n) is 5.94. The lowest BCUT2D eigenvalue weighted by Gasteiger charge is -2.29. The van der Waals surface area contributed by atoms with Gasteiger partial charge in [0.05, 0.1) is 11.7 Å². The molecule has 1 atom stereocenters. The Labute approximate surface area is 225 Å². The van der Waals surface area contributed by atoms with Crippen molar-refractivity contribution in [2.45, 2.75) is 17.7 Å². The van der Waals surface area contributed by atoms with Gasteiger partial charge in [-0.15, -0.1) is 0 Å². The van der Waals surface area contributed by atoms with Crippen LogP contribution < -0.4 is 5.32 Å². The van der Waals surface area contributed by atoms with Crippen molar-refractivity contribution in [2.75, 3.05) is 5.32 Å². The van der Waals surface area contributed by atoms with Crippen molar-refractivity contribution in [3.8, 4) is 0 Å². The molecule has 37 heavy (non-hydrogen) atoms. The summed E-state index contributed by atoms with van der Waals surface area (Å²) in [6.07, 6.45) is 0.0326. The van der Waals surface area contributed by atoms with E-state index in [1.54, 1.807) is 17.0 Å². The predicted octanol–water partition coefficient (Wildman–Crippen LogP) is 7.09. The van der Waals surface area contributed by atoms with Gasteiger partial charge in [0.15, 0.2) is 5.17 Å². The standard InChI is InChI=1S/C30H24ClN3O2S/c31-23-16-18-25(19-17-23)33-30-34(28(21-10-4-1-5-11-21)22-12-6-2-7-13-22)29(36)26(37-30)20-27(35)32-24-14-8-3-9-15-24/h1-19,26,28H,20H2,(H,32,35)/t26-/m1/s1. The molecule has 5 nitrogen and oxygen atoms in total. The second-order valence-corrected chi connectivity index (χ2v) is 10.1. The third kappa shape index (κ3) is 5.93. The summed E-state index contributed by atoms with van der Waals surface area (Å²) in [6.45, 7) is 0. The van der Waals surface area contributed by atoms with Crippen LogP contribution in [0.5, 0.6) is 0 Å². The first-order chi connectivity index (χ1) is 18.1. The highest BCUT2D eigenvalue weighted by atomic mass is 35.5. The van der Waals surface area contributed by atoms with E-state index in [0.717, 1.165) is 11.1 Å². The van der Waals surface area contributed by atoms with Crippen LogP contribution in [0, 0.1) is 0 Å². The van der Waals surface area contributed by atoms with Crippen LogP contribution in [0.3, 0.4) is 0 Å². The zero-order valence-corrected chi connectivity index (χ0v) is 21.4. The minimum atomic E-state index is -0.607. The van der Waals surface area contributed by atoms with Crippen molar-refractivity contribution < 1.29 is 9.59 Å². The molecule has 1 aliphatic rings. The number of amides is 2. The van der Waals surface area contributed by atoms with E-state index >= 15 is 0 Å². The third-order valence-corrected chi connectivity index (χ3v) is 7.34. The number of hydrogen-bond donors (Lipinski definition) is 1. The molecule has 1 aliphatic heterocycles. The number of aliphatic imine (C=N–C) groups is 1. The van der Waals surface area contributed by atoms with Crippen LogP contribution >= 0.6 is 23.4 Å². The molecule has 7 heteroatoms. The Morgan fingerprint density at radius 1 is 0.838 bits per heavy atom. The molecule has 0 bridgehead atoms. The van der Waals surface area contributed by atoms with Gasteiger partial charge in [0, 0.05) is 17.1 Å². The normalized spacial score (nSPS) is 16.4. The molecule has 0 saturated carbocycles. The Kier molecular flexibility index (Phi) is 7.68. The molecular formula is C30H24ClN3O2S. The molecule has 0 radical (unpaired) electrons. The summed E-state index contributed by atoms with van der Waals surface area (Å²) in [6, 6.07) is 35.8. The van der Waals surface area contributed by atoms with Crippen molar-refractivity contribution in [1.29, 1.82) is 0 Å². The number of nitrogens with one attached hydrogen (secondary N) is 1. The van der Waals surface area contributed by atoms with E-state index in [2.05, 4.69) is 5.32 Å². The van der Waals surface area contributed by atoms with Gasteiger partial charge < -0.3 is 5.32 Å². The average Bonchev–Trinajstić information content (AvgIpc) is 3.21. The van der Waals surface area contributed by atoms with E-state index in [-0.39, 0.29) is 18.2 Å². The summed E-state index contributed by atoms with van der Waals surface area (Å²) in [5, 5.41) is 3.44. The maximum absolute atomic E-state index is 14.0. The number of amidine groups is 1. The number of rotatable bonds is 7. The van der Waals surface area contributed by atoms with Gasteiger partial charge >= 0.3 is 0 Å². The molecule has 2 amide bonds. The van der Waals surface area contributed by atoms with E-state index in [9.17, 15) is 9.59 Å². The minimum absolute atomic E-state index is 0.0326. The minimum Gasteiger partial charge on any atom is -0.326 e. The molecule has 4 aromatic rings. The van der Waals surface area contributed by atoms with Crippen molar-refractivity contribution in [2.24, 2.45) is 4.99 Å². The molecule has 1 fully saturated rings. The fourth-order valence-corrected chi connectivity index (χ4v) is 5.52. The van der Waals surface area contributed by atoms with E-state index in [1.165, 1.54) is 11.8 Å². The first kappa shape index (κ1) is 24.8. The maximum Gasteiger partial charge on any atom is 0.243 e. The first-order valence-corrected chi connectivity index (χ1v) is 13.1. The number of anilines is 1. The number of carbonyl (C=O) groups is 2. The molecular weight excluding hydrogens is 502 g/mol. The van der Waals surface area contributed by atoms with E-state index in [1.807, 2.05) is 103 Å². The zero-order chi connectivity index (χ0) is 25.6. The average molecular weight is 526 g/mol. The highest BCUT2D eigenvalue weighted by molar-refractivity contribution is 8.15. The van der Waals surface area contributed by atoms with Gasteiger partial charge in [0.2, 0.25) is 11.8 Å². The molecule has 1 heterocycles. The van der Waals surface area contributed by atoms with E-state index in [0.29, 0.717) is 21.6 Å². The fraction of sp³-hybridized carbons (Fsp3) is 0.100. The Hall–Kier alpha value is -3.87. The van der Waals surface area contributed by atoms with Gasteiger partial charge in [0.1, 0.15) is 5.25 Å². The summed E-state index contributed by atoms with van der Waals surface area (Å²) >= 11 is 7.39. The van der Waals surface area contributed by atoms with Crippen molar-refractivity contribution in [3.63, 3.8) is 0 Å². The summed E-state index contributed by atoms with van der Waals surface area (Å²) in [5.74, 6) is -0.376. The van der Waals surface area contributed by atoms with Crippen LogP contribution in [0.2, 0.25) is 5.02 Å². The highest BCUT2D eigenvalue weighted by Crippen LogP contribution is 2.40. The predicted molar refractivity (Wildman–Crippen MR) is 151 cm³/mol. The molecule has 0 aromatic heterocycles. The monoisotopic (exact) mass is 525 g/mol. The molecule has 184 valence electrons. The summed E-state index contributed by atoms with van der Waals surface area (Å²) in [7, 11) is 0. The molecule has 1 saturated heterocycles. The lowest BCUT2D eigenvalue weighted by atomic mass is 9.97. The molecule has 0 unspecified atom stereocenters. The van der Waals surface area contributed by atoms with Gasteiger partial charge in [-0.05, 0) is 47.5 Å². The number of hydrogen-bond acceptors (Lipinski definition) is 4. The summed E-state index contributed by atoms with van der Waals surface area (Å²) in [5.41, 5.74) is 3.29. The van der Waals surface area contributed by atoms with Crippen LogP contribution in [0.15, 0.2) is 120 Å². The van der Waals surface area contributed by atoms with Crippen LogP contribution in [-0.4, -0.2) is 27.1 Å². The second-order valence-electron chi connectivity index (χ2n) is 8.53. The Morgan fingerprint density at radius 3 is 1.95 bits per heavy atom. The number of para-hydroxylation sites is 1. The van der Waals surface area contributed by atoms with Gasteiger partial charge in [-0.1, -0.05) is 102 Å². The largest absolute Gasteiger partial charge is 0.326 e. The quantitative estimate of drug-likeness (QED) is 0.280. The van der Waals surface area contributed by atoms with Gasteiger partial charge in [-0.2, -0.15) is 0 Å². The fourth-order valence-electron chi connectivity index (χ4n) is 4.22. The van der Waals surface area contributed by atoms with Crippen LogP contribution in [0.25, 0.3) is 0 Å². The molecule has 0 aliphatic carbocycles. The van der Waals surface area contributed by atoms with Gasteiger partial charge in [-0.25, -0.2) is 4.99 Å². The summed E-state index contributed by atoms with van der Waals surface area (Å²) in [4.78, 5) is 33.4. The first-order valence-electron chi connectivity index (χ1n) is 11.9. The lowest BCUT2D eigenvalue weighted by molar-refractivity contribution is -0.129. The second kappa shape index (κ2) is 11.5. The van der Waals surface area contributed by atoms with Gasteiger partial charge in [0.25, 0.3) is 0 Å². The number of carbonyl (C=O) groups excluding carboxylic acids is 2. The van der Waals surface area contributed by atoms with Crippen LogP contribution in [0.4, 0.5) is 11.4 Å². The summed E-state index contributed by atoms with van der Waals surface area (Å²) < 4.78 is 0. The maximum atomic E-state index is 14.0. The van der Waals surface area contributed by atoms with Crippen LogP contribution in [0.1, 0.15) is 23.6 Å². The Bertz CT molecular complexity index is 1360. The lowest BCUT2D eigenvalue weighted by Crippen LogP contribution is -2.37. The van der Waals surface area contributed by atoms with E-state index in [4.69, 9.17) is 16.6 Å². The molecule has 4 aromatic carbocycles. The van der Waals surface area contributed by atoms with Gasteiger partial charge in [-0.3, -0.25) is 14.5 Å². The topological polar surface area (TPSA) is 61.8 Å². The smallest absolute Gasteiger partial charge is 0.243 e. The van der Waals surface area contributed by atoms with Crippen molar-refractivity contribution in [1.82, 2.24) is 4.90 Å². The van der Waals surface area contributed by atoms with E-state index < -0.39 is 11.3 Å². The van der Waals surface area contributed by atoms with Crippen LogP contribution in [-0.2, 0) is 9.59 Å². The molecule has 5 rings (SSSR count). The number of halogens is 1. The molecule has 1 N–H and O–H groups in total. The Morgan fingerprint density at radius 2 is 1.38 bits per heavy atom. The SMILES string of the molecule is O=C(C[C@H]1SC(=Nc2ccc(Cl)cc2)N(C(c2ccccc2)c2ccccc2)C1=O)Nc1ccccc1. The van der Waals surface area contributed by atoms with Crippen molar-refractivity contribution in [3.05, 3.63) is 131 Å².